The molecule has 28 heavy (non-hydrogen) atoms. The van der Waals surface area contributed by atoms with E-state index in [2.05, 4.69) is 72.8 Å². The Morgan fingerprint density at radius 3 is 1.93 bits per heavy atom. The zero-order chi connectivity index (χ0) is 18.3. The quantitative estimate of drug-likeness (QED) is 0.434. The highest BCUT2D eigenvalue weighted by molar-refractivity contribution is 5.85. The monoisotopic (exact) mass is 362 g/mol. The third-order valence-corrected chi connectivity index (χ3v) is 8.66. The first-order chi connectivity index (χ1) is 13.8. The molecule has 0 N–H and O–H groups in total. The molecular weight excluding hydrogens is 336 g/mol. The Balaban J connectivity index is 1.48. The van der Waals surface area contributed by atoms with Crippen molar-refractivity contribution in [3.8, 4) is 22.3 Å². The van der Waals surface area contributed by atoms with Crippen LogP contribution in [0.2, 0.25) is 0 Å². The Morgan fingerprint density at radius 1 is 0.536 bits per heavy atom. The van der Waals surface area contributed by atoms with Crippen LogP contribution in [0.3, 0.4) is 0 Å². The van der Waals surface area contributed by atoms with Crippen LogP contribution in [0.5, 0.6) is 0 Å². The van der Waals surface area contributed by atoms with Crippen LogP contribution in [-0.4, -0.2) is 0 Å². The molecule has 3 aromatic carbocycles. The van der Waals surface area contributed by atoms with Gasteiger partial charge in [0.2, 0.25) is 0 Å². The van der Waals surface area contributed by atoms with Gasteiger partial charge in [-0.2, -0.15) is 0 Å². The molecule has 4 fully saturated rings. The van der Waals surface area contributed by atoms with Crippen molar-refractivity contribution < 1.29 is 0 Å². The molecule has 138 valence electrons. The summed E-state index contributed by atoms with van der Waals surface area (Å²) in [6.45, 7) is 0. The van der Waals surface area contributed by atoms with Crippen LogP contribution < -0.4 is 0 Å². The van der Waals surface area contributed by atoms with Crippen LogP contribution >= 0.6 is 0 Å². The van der Waals surface area contributed by atoms with Crippen LogP contribution in [0.25, 0.3) is 22.3 Å². The van der Waals surface area contributed by atoms with Crippen molar-refractivity contribution in [2.45, 2.75) is 37.5 Å². The van der Waals surface area contributed by atoms with E-state index in [-0.39, 0.29) is 0 Å². The fourth-order valence-corrected chi connectivity index (χ4v) is 7.97. The predicted octanol–water partition coefficient (Wildman–Crippen LogP) is 7.08. The Labute approximate surface area is 167 Å². The minimum absolute atomic E-state index is 0.300. The van der Waals surface area contributed by atoms with Gasteiger partial charge in [-0.1, -0.05) is 66.7 Å². The summed E-state index contributed by atoms with van der Waals surface area (Å²) in [5, 5.41) is 0. The molecule has 5 aliphatic rings. The fraction of sp³-hybridized carbons (Fsp3) is 0.357. The van der Waals surface area contributed by atoms with Gasteiger partial charge in [-0.3, -0.25) is 0 Å². The average Bonchev–Trinajstić information content (AvgIpc) is 3.03. The Bertz CT molecular complexity index is 1050. The maximum atomic E-state index is 2.51. The lowest BCUT2D eigenvalue weighted by Gasteiger charge is -2.61. The minimum atomic E-state index is 0.300. The summed E-state index contributed by atoms with van der Waals surface area (Å²) < 4.78 is 0. The Morgan fingerprint density at radius 2 is 1.18 bits per heavy atom. The van der Waals surface area contributed by atoms with Gasteiger partial charge in [-0.05, 0) is 95.2 Å². The summed E-state index contributed by atoms with van der Waals surface area (Å²) in [5.74, 6) is 3.73. The molecule has 0 atom stereocenters. The van der Waals surface area contributed by atoms with Crippen molar-refractivity contribution >= 4 is 0 Å². The standard InChI is InChI=1S/C28H26/c1-2-6-20(7-3-1)21-10-11-27-25(17-21)24-8-4-5-9-26(24)28(27)22-13-18-12-19(15-22)16-23(28)14-18/h1-11,17-19,22-23H,12-16H2. The highest BCUT2D eigenvalue weighted by Gasteiger charge is 2.61. The molecule has 0 aliphatic heterocycles. The highest BCUT2D eigenvalue weighted by Crippen LogP contribution is 2.69. The number of hydrogen-bond acceptors (Lipinski definition) is 0. The van der Waals surface area contributed by atoms with Crippen molar-refractivity contribution in [1.82, 2.24) is 0 Å². The normalized spacial score (nSPS) is 33.9. The fourth-order valence-electron chi connectivity index (χ4n) is 7.97. The van der Waals surface area contributed by atoms with Gasteiger partial charge in [0.25, 0.3) is 0 Å². The summed E-state index contributed by atoms with van der Waals surface area (Å²) >= 11 is 0. The number of benzene rings is 3. The van der Waals surface area contributed by atoms with E-state index in [0.29, 0.717) is 5.41 Å². The lowest BCUT2D eigenvalue weighted by molar-refractivity contribution is -0.0399. The summed E-state index contributed by atoms with van der Waals surface area (Å²) in [7, 11) is 0. The summed E-state index contributed by atoms with van der Waals surface area (Å²) in [5.41, 5.74) is 9.33. The van der Waals surface area contributed by atoms with Gasteiger partial charge in [0.1, 0.15) is 0 Å². The van der Waals surface area contributed by atoms with Gasteiger partial charge < -0.3 is 0 Å². The number of hydrogen-bond donors (Lipinski definition) is 0. The molecule has 0 unspecified atom stereocenters. The molecule has 0 heterocycles. The summed E-state index contributed by atoms with van der Waals surface area (Å²) in [6, 6.07) is 27.7. The molecule has 0 aromatic heterocycles. The molecule has 0 radical (unpaired) electrons. The van der Waals surface area contributed by atoms with Gasteiger partial charge in [0.15, 0.2) is 0 Å². The van der Waals surface area contributed by atoms with Crippen LogP contribution in [0.15, 0.2) is 72.8 Å². The van der Waals surface area contributed by atoms with E-state index in [0.717, 1.165) is 23.7 Å². The van der Waals surface area contributed by atoms with Crippen LogP contribution in [-0.2, 0) is 5.41 Å². The van der Waals surface area contributed by atoms with Gasteiger partial charge in [-0.25, -0.2) is 0 Å². The van der Waals surface area contributed by atoms with E-state index >= 15 is 0 Å². The Hall–Kier alpha value is -2.34. The SMILES string of the molecule is c1ccc(-c2ccc3c(c2)-c2ccccc2C32C3CC4CC(C3)CC2C4)cc1. The molecule has 4 saturated carbocycles. The molecule has 5 aliphatic carbocycles. The van der Waals surface area contributed by atoms with Gasteiger partial charge in [0, 0.05) is 5.41 Å². The first-order valence-corrected chi connectivity index (χ1v) is 11.1. The maximum absolute atomic E-state index is 2.51. The van der Waals surface area contributed by atoms with Gasteiger partial charge >= 0.3 is 0 Å². The van der Waals surface area contributed by atoms with Crippen LogP contribution in [0.1, 0.15) is 43.2 Å². The third-order valence-electron chi connectivity index (χ3n) is 8.66. The number of rotatable bonds is 1. The van der Waals surface area contributed by atoms with Crippen LogP contribution in [0.4, 0.5) is 0 Å². The lowest BCUT2D eigenvalue weighted by Crippen LogP contribution is -2.55. The largest absolute Gasteiger partial charge is 0.0622 e. The molecule has 8 rings (SSSR count). The van der Waals surface area contributed by atoms with Gasteiger partial charge in [-0.15, -0.1) is 0 Å². The molecule has 3 aromatic rings. The van der Waals surface area contributed by atoms with Crippen LogP contribution in [0, 0.1) is 23.7 Å². The summed E-state index contributed by atoms with van der Waals surface area (Å²) in [4.78, 5) is 0. The first-order valence-electron chi connectivity index (χ1n) is 11.1. The second-order valence-electron chi connectivity index (χ2n) is 9.85. The highest BCUT2D eigenvalue weighted by atomic mass is 14.6. The van der Waals surface area contributed by atoms with Crippen molar-refractivity contribution in [3.05, 3.63) is 83.9 Å². The van der Waals surface area contributed by atoms with E-state index in [9.17, 15) is 0 Å². The first kappa shape index (κ1) is 15.6. The minimum Gasteiger partial charge on any atom is -0.0622 e. The smallest absolute Gasteiger partial charge is 0.0271 e. The zero-order valence-electron chi connectivity index (χ0n) is 16.3. The van der Waals surface area contributed by atoms with Crippen molar-refractivity contribution in [1.29, 1.82) is 0 Å². The van der Waals surface area contributed by atoms with Crippen molar-refractivity contribution in [2.75, 3.05) is 0 Å². The zero-order valence-corrected chi connectivity index (χ0v) is 16.3. The van der Waals surface area contributed by atoms with E-state index in [1.165, 1.54) is 54.4 Å². The summed E-state index contributed by atoms with van der Waals surface area (Å²) in [6.07, 6.45) is 7.36. The van der Waals surface area contributed by atoms with Crippen molar-refractivity contribution in [3.63, 3.8) is 0 Å². The maximum Gasteiger partial charge on any atom is 0.0271 e. The molecular formula is C28H26. The molecule has 0 amide bonds. The predicted molar refractivity (Wildman–Crippen MR) is 115 cm³/mol. The Kier molecular flexibility index (Phi) is 2.99. The second-order valence-corrected chi connectivity index (χ2v) is 9.85. The lowest BCUT2D eigenvalue weighted by atomic mass is 9.43. The molecule has 4 bridgehead atoms. The second kappa shape index (κ2) is 5.38. The topological polar surface area (TPSA) is 0 Å². The van der Waals surface area contributed by atoms with Gasteiger partial charge in [0.05, 0.1) is 0 Å². The molecule has 0 heteroatoms. The molecule has 0 saturated heterocycles. The molecule has 0 nitrogen and oxygen atoms in total. The van der Waals surface area contributed by atoms with E-state index in [1.54, 1.807) is 11.1 Å². The van der Waals surface area contributed by atoms with E-state index in [1.807, 2.05) is 0 Å². The van der Waals surface area contributed by atoms with E-state index < -0.39 is 0 Å². The third kappa shape index (κ3) is 1.82. The number of fused-ring (bicyclic) bond motifs is 3. The molecule has 1 spiro atoms. The van der Waals surface area contributed by atoms with E-state index in [4.69, 9.17) is 0 Å². The average molecular weight is 363 g/mol. The van der Waals surface area contributed by atoms with Crippen molar-refractivity contribution in [2.24, 2.45) is 23.7 Å².